The predicted octanol–water partition coefficient (Wildman–Crippen LogP) is 19.5. The molecule has 0 fully saturated rings. The molecule has 0 saturated heterocycles. The zero-order chi connectivity index (χ0) is 50.0. The van der Waals surface area contributed by atoms with Crippen molar-refractivity contribution in [2.45, 2.75) is 284 Å². The number of ether oxygens (including phenoxy) is 3. The van der Waals surface area contributed by atoms with Crippen LogP contribution in [0.3, 0.4) is 0 Å². The first-order chi connectivity index (χ1) is 34.0. The third-order valence-electron chi connectivity index (χ3n) is 12.3. The van der Waals surface area contributed by atoms with Crippen LogP contribution in [0, 0.1) is 0 Å². The van der Waals surface area contributed by atoms with E-state index in [-0.39, 0.29) is 37.5 Å². The van der Waals surface area contributed by atoms with Gasteiger partial charge < -0.3 is 14.2 Å². The summed E-state index contributed by atoms with van der Waals surface area (Å²) in [6, 6.07) is 0. The lowest BCUT2D eigenvalue weighted by molar-refractivity contribution is -0.167. The number of carbonyl (C=O) groups is 3. The highest BCUT2D eigenvalue weighted by Crippen LogP contribution is 2.15. The Morgan fingerprint density at radius 1 is 0.290 bits per heavy atom. The molecule has 396 valence electrons. The van der Waals surface area contributed by atoms with E-state index in [4.69, 9.17) is 14.2 Å². The van der Waals surface area contributed by atoms with E-state index in [9.17, 15) is 14.4 Å². The van der Waals surface area contributed by atoms with Crippen molar-refractivity contribution in [3.05, 3.63) is 85.1 Å². The molecule has 1 atom stereocenters. The summed E-state index contributed by atoms with van der Waals surface area (Å²) in [5, 5.41) is 0. The minimum absolute atomic E-state index is 0.101. The quantitative estimate of drug-likeness (QED) is 0.0262. The third kappa shape index (κ3) is 55.4. The lowest BCUT2D eigenvalue weighted by Crippen LogP contribution is -2.30. The first-order valence-electron chi connectivity index (χ1n) is 29.1. The fourth-order valence-corrected chi connectivity index (χ4v) is 7.93. The monoisotopic (exact) mass is 961 g/mol. The minimum Gasteiger partial charge on any atom is -0.462 e. The molecule has 0 N–H and O–H groups in total. The molecule has 0 aliphatic heterocycles. The van der Waals surface area contributed by atoms with Crippen molar-refractivity contribution in [3.63, 3.8) is 0 Å². The minimum atomic E-state index is -0.806. The standard InChI is InChI=1S/C63H108O6/c1-4-7-10-13-16-19-22-25-28-30-31-33-36-39-42-45-48-51-54-57-63(66)69-60(58-67-61(64)55-52-49-46-43-40-37-34-27-24-21-18-15-12-9-6-3)59-68-62(65)56-53-50-47-44-41-38-35-32-29-26-23-20-17-14-11-8-5-2/h17-18,20-21,25-29,34-35,38,44,47,60H,4-16,19,22-24,30-33,36-37,39-43,45-46,48-59H2,1-3H3/b20-17-,21-18-,28-25-,29-26-,34-27-,38-35-,47-44-/t60-/m0/s1. The molecule has 0 aromatic heterocycles. The molecular formula is C63H108O6. The molecule has 0 rings (SSSR count). The number of rotatable bonds is 52. The lowest BCUT2D eigenvalue weighted by Gasteiger charge is -2.18. The summed E-state index contributed by atoms with van der Waals surface area (Å²) >= 11 is 0. The van der Waals surface area contributed by atoms with Crippen molar-refractivity contribution in [1.82, 2.24) is 0 Å². The Hall–Kier alpha value is -3.41. The van der Waals surface area contributed by atoms with Crippen LogP contribution in [-0.2, 0) is 28.6 Å². The summed E-state index contributed by atoms with van der Waals surface area (Å²) in [5.41, 5.74) is 0. The predicted molar refractivity (Wildman–Crippen MR) is 297 cm³/mol. The van der Waals surface area contributed by atoms with Crippen LogP contribution in [0.5, 0.6) is 0 Å². The maximum atomic E-state index is 12.9. The maximum absolute atomic E-state index is 12.9. The van der Waals surface area contributed by atoms with E-state index in [2.05, 4.69) is 106 Å². The normalized spacial score (nSPS) is 12.7. The maximum Gasteiger partial charge on any atom is 0.306 e. The van der Waals surface area contributed by atoms with Crippen LogP contribution in [0.1, 0.15) is 278 Å². The Morgan fingerprint density at radius 2 is 0.536 bits per heavy atom. The van der Waals surface area contributed by atoms with Crippen LogP contribution in [0.2, 0.25) is 0 Å². The zero-order valence-electron chi connectivity index (χ0n) is 45.3. The lowest BCUT2D eigenvalue weighted by atomic mass is 10.1. The van der Waals surface area contributed by atoms with Gasteiger partial charge in [0.1, 0.15) is 13.2 Å². The Balaban J connectivity index is 4.48. The highest BCUT2D eigenvalue weighted by molar-refractivity contribution is 5.71. The molecule has 6 nitrogen and oxygen atoms in total. The van der Waals surface area contributed by atoms with Gasteiger partial charge in [0.05, 0.1) is 0 Å². The summed E-state index contributed by atoms with van der Waals surface area (Å²) in [4.78, 5) is 38.1. The zero-order valence-corrected chi connectivity index (χ0v) is 45.3. The van der Waals surface area contributed by atoms with Crippen LogP contribution in [0.25, 0.3) is 0 Å². The third-order valence-corrected chi connectivity index (χ3v) is 12.3. The molecule has 0 spiro atoms. The highest BCUT2D eigenvalue weighted by atomic mass is 16.6. The largest absolute Gasteiger partial charge is 0.462 e. The molecular weight excluding hydrogens is 853 g/mol. The average Bonchev–Trinajstić information content (AvgIpc) is 3.35. The van der Waals surface area contributed by atoms with Gasteiger partial charge in [0.2, 0.25) is 0 Å². The molecule has 0 bridgehead atoms. The van der Waals surface area contributed by atoms with Crippen molar-refractivity contribution in [2.24, 2.45) is 0 Å². The average molecular weight is 962 g/mol. The fourth-order valence-electron chi connectivity index (χ4n) is 7.93. The van der Waals surface area contributed by atoms with Gasteiger partial charge in [-0.3, -0.25) is 14.4 Å². The van der Waals surface area contributed by atoms with Crippen LogP contribution in [0.4, 0.5) is 0 Å². The van der Waals surface area contributed by atoms with Gasteiger partial charge in [-0.05, 0) is 116 Å². The van der Waals surface area contributed by atoms with Crippen molar-refractivity contribution in [1.29, 1.82) is 0 Å². The number of hydrogen-bond acceptors (Lipinski definition) is 6. The molecule has 69 heavy (non-hydrogen) atoms. The van der Waals surface area contributed by atoms with Gasteiger partial charge in [-0.15, -0.1) is 0 Å². The van der Waals surface area contributed by atoms with E-state index < -0.39 is 6.10 Å². The first-order valence-corrected chi connectivity index (χ1v) is 29.1. The number of unbranched alkanes of at least 4 members (excludes halogenated alkanes) is 27. The Morgan fingerprint density at radius 3 is 0.913 bits per heavy atom. The van der Waals surface area contributed by atoms with Gasteiger partial charge in [-0.25, -0.2) is 0 Å². The summed E-state index contributed by atoms with van der Waals surface area (Å²) in [6.07, 6.45) is 74.3. The van der Waals surface area contributed by atoms with Gasteiger partial charge in [-0.2, -0.15) is 0 Å². The van der Waals surface area contributed by atoms with Gasteiger partial charge in [0, 0.05) is 19.3 Å². The Kier molecular flexibility index (Phi) is 54.3. The molecule has 6 heteroatoms. The van der Waals surface area contributed by atoms with Crippen LogP contribution >= 0.6 is 0 Å². The van der Waals surface area contributed by atoms with E-state index in [1.54, 1.807) is 0 Å². The van der Waals surface area contributed by atoms with E-state index in [0.717, 1.165) is 89.9 Å². The molecule has 0 aliphatic rings. The SMILES string of the molecule is CCCCC/C=C\C/C=C\C/C=C\C/C=C\CCCC(=O)OC[C@H](COC(=O)CCCCCCC/C=C\C/C=C\CCCCC)OC(=O)CCCCCCCCCCC/C=C\CCCCCCCC. The summed E-state index contributed by atoms with van der Waals surface area (Å²) < 4.78 is 16.8. The van der Waals surface area contributed by atoms with E-state index in [1.807, 2.05) is 0 Å². The molecule has 0 aromatic rings. The van der Waals surface area contributed by atoms with Crippen molar-refractivity contribution >= 4 is 17.9 Å². The molecule has 0 aliphatic carbocycles. The van der Waals surface area contributed by atoms with Crippen molar-refractivity contribution in [2.75, 3.05) is 13.2 Å². The highest BCUT2D eigenvalue weighted by Gasteiger charge is 2.19. The fraction of sp³-hybridized carbons (Fsp3) is 0.730. The molecule has 0 radical (unpaired) electrons. The second kappa shape index (κ2) is 57.2. The van der Waals surface area contributed by atoms with Crippen molar-refractivity contribution < 1.29 is 28.6 Å². The van der Waals surface area contributed by atoms with E-state index in [0.29, 0.717) is 19.3 Å². The van der Waals surface area contributed by atoms with Crippen molar-refractivity contribution in [3.8, 4) is 0 Å². The number of hydrogen-bond donors (Lipinski definition) is 0. The van der Waals surface area contributed by atoms with E-state index >= 15 is 0 Å². The Bertz CT molecular complexity index is 1330. The smallest absolute Gasteiger partial charge is 0.306 e. The molecule has 0 amide bonds. The van der Waals surface area contributed by atoms with Gasteiger partial charge in [0.25, 0.3) is 0 Å². The number of esters is 3. The molecule has 0 heterocycles. The second-order valence-electron chi connectivity index (χ2n) is 19.2. The Labute approximate surface area is 426 Å². The number of carbonyl (C=O) groups excluding carboxylic acids is 3. The summed E-state index contributed by atoms with van der Waals surface area (Å²) in [6.45, 7) is 6.53. The van der Waals surface area contributed by atoms with E-state index in [1.165, 1.54) is 141 Å². The van der Waals surface area contributed by atoms with Crippen LogP contribution < -0.4 is 0 Å². The van der Waals surface area contributed by atoms with Crippen LogP contribution in [-0.4, -0.2) is 37.2 Å². The first kappa shape index (κ1) is 65.6. The molecule has 0 aromatic carbocycles. The topological polar surface area (TPSA) is 78.9 Å². The summed E-state index contributed by atoms with van der Waals surface area (Å²) in [7, 11) is 0. The second-order valence-corrected chi connectivity index (χ2v) is 19.2. The molecule has 0 unspecified atom stereocenters. The van der Waals surface area contributed by atoms with Gasteiger partial charge in [0.15, 0.2) is 6.10 Å². The molecule has 0 saturated carbocycles. The van der Waals surface area contributed by atoms with Gasteiger partial charge >= 0.3 is 17.9 Å². The van der Waals surface area contributed by atoms with Crippen LogP contribution in [0.15, 0.2) is 85.1 Å². The van der Waals surface area contributed by atoms with Gasteiger partial charge in [-0.1, -0.05) is 228 Å². The number of allylic oxidation sites excluding steroid dienone is 14. The summed E-state index contributed by atoms with van der Waals surface area (Å²) in [5.74, 6) is -0.968.